The van der Waals surface area contributed by atoms with Crippen molar-refractivity contribution in [3.05, 3.63) is 29.8 Å². The SMILES string of the molecule is Cl.O=C(CCc1cccc(OC2CCCC2)c1)N1CCCNCC1. The molecule has 3 rings (SSSR count). The van der Waals surface area contributed by atoms with E-state index in [2.05, 4.69) is 17.4 Å². The highest BCUT2D eigenvalue weighted by molar-refractivity contribution is 5.85. The lowest BCUT2D eigenvalue weighted by molar-refractivity contribution is -0.130. The van der Waals surface area contributed by atoms with Crippen LogP contribution in [0.15, 0.2) is 24.3 Å². The summed E-state index contributed by atoms with van der Waals surface area (Å²) in [5.41, 5.74) is 1.20. The third-order valence-corrected chi connectivity index (χ3v) is 4.82. The third kappa shape index (κ3) is 5.67. The molecule has 1 aromatic carbocycles. The normalized spacial score (nSPS) is 18.8. The Bertz CT molecular complexity index is 510. The number of aryl methyl sites for hydroxylation is 1. The summed E-state index contributed by atoms with van der Waals surface area (Å²) >= 11 is 0. The number of hydrogen-bond donors (Lipinski definition) is 1. The van der Waals surface area contributed by atoms with Crippen LogP contribution in [0.5, 0.6) is 5.75 Å². The van der Waals surface area contributed by atoms with Crippen molar-refractivity contribution in [2.75, 3.05) is 26.2 Å². The molecule has 0 aromatic heterocycles. The van der Waals surface area contributed by atoms with E-state index in [9.17, 15) is 4.79 Å². The van der Waals surface area contributed by atoms with Crippen molar-refractivity contribution in [2.45, 2.75) is 51.0 Å². The van der Waals surface area contributed by atoms with E-state index in [-0.39, 0.29) is 18.3 Å². The highest BCUT2D eigenvalue weighted by atomic mass is 35.5. The summed E-state index contributed by atoms with van der Waals surface area (Å²) in [5, 5.41) is 3.34. The van der Waals surface area contributed by atoms with Crippen LogP contribution in [0.25, 0.3) is 0 Å². The Hall–Kier alpha value is -1.26. The fourth-order valence-electron chi connectivity index (χ4n) is 3.48. The monoisotopic (exact) mass is 352 g/mol. The molecule has 0 bridgehead atoms. The average molecular weight is 353 g/mol. The number of ether oxygens (including phenoxy) is 1. The first kappa shape index (κ1) is 19.1. The van der Waals surface area contributed by atoms with Gasteiger partial charge in [-0.25, -0.2) is 0 Å². The molecule has 24 heavy (non-hydrogen) atoms. The Morgan fingerprint density at radius 1 is 1.17 bits per heavy atom. The summed E-state index contributed by atoms with van der Waals surface area (Å²) in [7, 11) is 0. The number of amides is 1. The topological polar surface area (TPSA) is 41.6 Å². The second-order valence-corrected chi connectivity index (χ2v) is 6.66. The highest BCUT2D eigenvalue weighted by Gasteiger charge is 2.17. The Morgan fingerprint density at radius 3 is 2.83 bits per heavy atom. The molecule has 5 heteroatoms. The number of carbonyl (C=O) groups excluding carboxylic acids is 1. The zero-order valence-electron chi connectivity index (χ0n) is 14.3. The van der Waals surface area contributed by atoms with Gasteiger partial charge in [0.1, 0.15) is 5.75 Å². The molecule has 1 amide bonds. The second-order valence-electron chi connectivity index (χ2n) is 6.66. The van der Waals surface area contributed by atoms with Gasteiger partial charge in [-0.2, -0.15) is 0 Å². The van der Waals surface area contributed by atoms with Crippen LogP contribution in [0.2, 0.25) is 0 Å². The number of rotatable bonds is 5. The number of halogens is 1. The minimum absolute atomic E-state index is 0. The fraction of sp³-hybridized carbons (Fsp3) is 0.632. The van der Waals surface area contributed by atoms with Gasteiger partial charge in [0.2, 0.25) is 5.91 Å². The lowest BCUT2D eigenvalue weighted by Gasteiger charge is -2.20. The maximum Gasteiger partial charge on any atom is 0.222 e. The van der Waals surface area contributed by atoms with Crippen molar-refractivity contribution in [2.24, 2.45) is 0 Å². The fourth-order valence-corrected chi connectivity index (χ4v) is 3.48. The quantitative estimate of drug-likeness (QED) is 0.884. The molecule has 4 nitrogen and oxygen atoms in total. The third-order valence-electron chi connectivity index (χ3n) is 4.82. The minimum atomic E-state index is 0. The van der Waals surface area contributed by atoms with Crippen molar-refractivity contribution in [1.82, 2.24) is 10.2 Å². The molecule has 1 N–H and O–H groups in total. The molecule has 1 saturated carbocycles. The van der Waals surface area contributed by atoms with Gasteiger partial charge in [-0.3, -0.25) is 4.79 Å². The van der Waals surface area contributed by atoms with E-state index >= 15 is 0 Å². The van der Waals surface area contributed by atoms with Crippen molar-refractivity contribution in [3.8, 4) is 5.75 Å². The van der Waals surface area contributed by atoms with Gasteiger partial charge in [0.25, 0.3) is 0 Å². The van der Waals surface area contributed by atoms with Crippen LogP contribution in [0.1, 0.15) is 44.1 Å². The van der Waals surface area contributed by atoms with Gasteiger partial charge in [0.05, 0.1) is 6.10 Å². The van der Waals surface area contributed by atoms with E-state index in [0.29, 0.717) is 12.5 Å². The number of nitrogens with one attached hydrogen (secondary N) is 1. The first-order chi connectivity index (χ1) is 11.3. The van der Waals surface area contributed by atoms with E-state index in [1.54, 1.807) is 0 Å². The van der Waals surface area contributed by atoms with Gasteiger partial charge in [-0.1, -0.05) is 12.1 Å². The van der Waals surface area contributed by atoms with Gasteiger partial charge >= 0.3 is 0 Å². The predicted molar refractivity (Wildman–Crippen MR) is 99.0 cm³/mol. The van der Waals surface area contributed by atoms with Gasteiger partial charge in [0.15, 0.2) is 0 Å². The summed E-state index contributed by atoms with van der Waals surface area (Å²) in [6.45, 7) is 3.65. The second kappa shape index (κ2) is 9.90. The van der Waals surface area contributed by atoms with E-state index in [1.807, 2.05) is 17.0 Å². The van der Waals surface area contributed by atoms with Crippen molar-refractivity contribution in [3.63, 3.8) is 0 Å². The van der Waals surface area contributed by atoms with Gasteiger partial charge in [-0.15, -0.1) is 12.4 Å². The van der Waals surface area contributed by atoms with Crippen molar-refractivity contribution in [1.29, 1.82) is 0 Å². The first-order valence-electron chi connectivity index (χ1n) is 9.05. The number of nitrogens with zero attached hydrogens (tertiary/aromatic N) is 1. The van der Waals surface area contributed by atoms with Gasteiger partial charge in [-0.05, 0) is 62.8 Å². The van der Waals surface area contributed by atoms with E-state index in [4.69, 9.17) is 4.74 Å². The van der Waals surface area contributed by atoms with Crippen LogP contribution in [-0.4, -0.2) is 43.1 Å². The molecule has 0 radical (unpaired) electrons. The van der Waals surface area contributed by atoms with Crippen LogP contribution in [0.3, 0.4) is 0 Å². The maximum atomic E-state index is 12.4. The van der Waals surface area contributed by atoms with E-state index in [0.717, 1.165) is 44.8 Å². The van der Waals surface area contributed by atoms with Crippen molar-refractivity contribution >= 4 is 18.3 Å². The maximum absolute atomic E-state index is 12.4. The zero-order chi connectivity index (χ0) is 15.9. The van der Waals surface area contributed by atoms with Crippen LogP contribution < -0.4 is 10.1 Å². The van der Waals surface area contributed by atoms with Crippen LogP contribution in [-0.2, 0) is 11.2 Å². The lowest BCUT2D eigenvalue weighted by Crippen LogP contribution is -2.34. The van der Waals surface area contributed by atoms with E-state index in [1.165, 1.54) is 31.2 Å². The number of benzene rings is 1. The van der Waals surface area contributed by atoms with Gasteiger partial charge in [0, 0.05) is 26.1 Å². The van der Waals surface area contributed by atoms with E-state index < -0.39 is 0 Å². The summed E-state index contributed by atoms with van der Waals surface area (Å²) < 4.78 is 6.05. The smallest absolute Gasteiger partial charge is 0.222 e. The largest absolute Gasteiger partial charge is 0.490 e. The molecular formula is C19H29ClN2O2. The van der Waals surface area contributed by atoms with Crippen LogP contribution in [0.4, 0.5) is 0 Å². The molecule has 134 valence electrons. The minimum Gasteiger partial charge on any atom is -0.490 e. The molecule has 1 saturated heterocycles. The lowest BCUT2D eigenvalue weighted by atomic mass is 10.1. The average Bonchev–Trinajstić information content (AvgIpc) is 2.92. The molecule has 1 aromatic rings. The summed E-state index contributed by atoms with van der Waals surface area (Å²) in [5.74, 6) is 1.23. The Morgan fingerprint density at radius 2 is 2.00 bits per heavy atom. The summed E-state index contributed by atoms with van der Waals surface area (Å²) in [6.07, 6.45) is 7.73. The Labute approximate surface area is 151 Å². The van der Waals surface area contributed by atoms with Crippen LogP contribution in [0, 0.1) is 0 Å². The molecule has 0 atom stereocenters. The zero-order valence-corrected chi connectivity index (χ0v) is 15.2. The van der Waals surface area contributed by atoms with Gasteiger partial charge < -0.3 is 15.0 Å². The number of carbonyl (C=O) groups is 1. The highest BCUT2D eigenvalue weighted by Crippen LogP contribution is 2.24. The Balaban J connectivity index is 0.00000208. The molecule has 2 fully saturated rings. The standard InChI is InChI=1S/C19H28N2O2.ClH/c22-19(21-13-4-11-20-12-14-21)10-9-16-5-3-8-18(15-16)23-17-6-1-2-7-17;/h3,5,8,15,17,20H,1-2,4,6-7,9-14H2;1H. The molecule has 1 aliphatic heterocycles. The molecule has 1 heterocycles. The Kier molecular flexibility index (Phi) is 7.86. The summed E-state index contributed by atoms with van der Waals surface area (Å²) in [6, 6.07) is 8.28. The number of hydrogen-bond acceptors (Lipinski definition) is 3. The molecule has 0 unspecified atom stereocenters. The first-order valence-corrected chi connectivity index (χ1v) is 9.05. The van der Waals surface area contributed by atoms with Crippen molar-refractivity contribution < 1.29 is 9.53 Å². The molecular weight excluding hydrogens is 324 g/mol. The predicted octanol–water partition coefficient (Wildman–Crippen LogP) is 3.18. The molecule has 0 spiro atoms. The molecule has 2 aliphatic rings. The summed E-state index contributed by atoms with van der Waals surface area (Å²) in [4.78, 5) is 14.4. The van der Waals surface area contributed by atoms with Crippen LogP contribution >= 0.6 is 12.4 Å². The molecule has 1 aliphatic carbocycles.